The molecule has 1 aromatic carbocycles. The van der Waals surface area contributed by atoms with E-state index in [9.17, 15) is 9.59 Å². The van der Waals surface area contributed by atoms with Gasteiger partial charge >= 0.3 is 0 Å². The zero-order valence-electron chi connectivity index (χ0n) is 15.1. The molecular formula is C19H26N2O3. The number of nitrogens with zero attached hydrogens (tertiary/aromatic N) is 1. The standard InChI is InChI=1S/C19H26N2O3/c1-6-21(15-10-24-15)17(16(11(2)3)19(20)23)18(22)14-8-12(4)7-13(5)9-14/h7-9,11,15H,6,10H2,1-5H3,(H2,20,23)/b17-16-. The van der Waals surface area contributed by atoms with Crippen LogP contribution in [0, 0.1) is 19.8 Å². The Labute approximate surface area is 143 Å². The van der Waals surface area contributed by atoms with Crippen LogP contribution in [0.4, 0.5) is 0 Å². The third-order valence-electron chi connectivity index (χ3n) is 4.09. The highest BCUT2D eigenvalue weighted by atomic mass is 16.6. The minimum atomic E-state index is -0.558. The molecule has 1 aliphatic rings. The van der Waals surface area contributed by atoms with Crippen LogP contribution in [-0.4, -0.2) is 36.0 Å². The van der Waals surface area contributed by atoms with Crippen molar-refractivity contribution in [2.75, 3.05) is 13.2 Å². The van der Waals surface area contributed by atoms with Gasteiger partial charge in [-0.2, -0.15) is 0 Å². The molecule has 0 spiro atoms. The van der Waals surface area contributed by atoms with Crippen LogP contribution in [0.15, 0.2) is 29.5 Å². The largest absolute Gasteiger partial charge is 0.366 e. The first-order valence-corrected chi connectivity index (χ1v) is 8.31. The number of ketones is 1. The van der Waals surface area contributed by atoms with Gasteiger partial charge in [-0.15, -0.1) is 0 Å². The fraction of sp³-hybridized carbons (Fsp3) is 0.474. The van der Waals surface area contributed by atoms with Crippen molar-refractivity contribution in [1.29, 1.82) is 0 Å². The second kappa shape index (κ2) is 7.18. The highest BCUT2D eigenvalue weighted by Crippen LogP contribution is 2.28. The summed E-state index contributed by atoms with van der Waals surface area (Å²) < 4.78 is 5.37. The van der Waals surface area contributed by atoms with Gasteiger partial charge in [0.2, 0.25) is 11.7 Å². The average molecular weight is 330 g/mol. The van der Waals surface area contributed by atoms with Crippen LogP contribution in [0.1, 0.15) is 42.3 Å². The predicted octanol–water partition coefficient (Wildman–Crippen LogP) is 2.56. The Morgan fingerprint density at radius 1 is 1.25 bits per heavy atom. The zero-order valence-corrected chi connectivity index (χ0v) is 15.1. The molecule has 1 saturated heterocycles. The highest BCUT2D eigenvalue weighted by molar-refractivity contribution is 6.13. The van der Waals surface area contributed by atoms with E-state index in [0.29, 0.717) is 30.0 Å². The molecule has 24 heavy (non-hydrogen) atoms. The molecule has 0 aromatic heterocycles. The summed E-state index contributed by atoms with van der Waals surface area (Å²) in [6, 6.07) is 5.70. The Hall–Kier alpha value is -2.14. The monoisotopic (exact) mass is 330 g/mol. The molecule has 1 aromatic rings. The van der Waals surface area contributed by atoms with Crippen molar-refractivity contribution in [3.05, 3.63) is 46.2 Å². The Morgan fingerprint density at radius 2 is 1.79 bits per heavy atom. The summed E-state index contributed by atoms with van der Waals surface area (Å²) >= 11 is 0. The van der Waals surface area contributed by atoms with Crippen molar-refractivity contribution in [2.24, 2.45) is 11.7 Å². The third-order valence-corrected chi connectivity index (χ3v) is 4.09. The molecule has 1 unspecified atom stereocenters. The molecule has 1 heterocycles. The molecule has 1 aliphatic heterocycles. The zero-order chi connectivity index (χ0) is 18.0. The highest BCUT2D eigenvalue weighted by Gasteiger charge is 2.36. The number of hydrogen-bond acceptors (Lipinski definition) is 4. The Balaban J connectivity index is 2.62. The molecule has 2 N–H and O–H groups in total. The van der Waals surface area contributed by atoms with E-state index >= 15 is 0 Å². The summed E-state index contributed by atoms with van der Waals surface area (Å²) in [6.07, 6.45) is -0.159. The summed E-state index contributed by atoms with van der Waals surface area (Å²) in [4.78, 5) is 27.2. The summed E-state index contributed by atoms with van der Waals surface area (Å²) in [5, 5.41) is 0. The molecule has 0 aliphatic carbocycles. The summed E-state index contributed by atoms with van der Waals surface area (Å²) in [5.74, 6) is -0.890. The van der Waals surface area contributed by atoms with Crippen LogP contribution in [-0.2, 0) is 9.53 Å². The van der Waals surface area contributed by atoms with E-state index in [-0.39, 0.29) is 17.9 Å². The van der Waals surface area contributed by atoms with Gasteiger partial charge in [-0.1, -0.05) is 31.0 Å². The van der Waals surface area contributed by atoms with Crippen molar-refractivity contribution in [3.8, 4) is 0 Å². The number of primary amides is 1. The first-order valence-electron chi connectivity index (χ1n) is 8.31. The number of allylic oxidation sites excluding steroid dienone is 1. The van der Waals surface area contributed by atoms with Gasteiger partial charge in [0, 0.05) is 17.7 Å². The number of nitrogens with two attached hydrogens (primary N) is 1. The van der Waals surface area contributed by atoms with Crippen molar-refractivity contribution in [2.45, 2.75) is 40.8 Å². The lowest BCUT2D eigenvalue weighted by molar-refractivity contribution is -0.115. The molecule has 1 fully saturated rings. The maximum Gasteiger partial charge on any atom is 0.247 e. The number of rotatable bonds is 7. The minimum Gasteiger partial charge on any atom is -0.366 e. The van der Waals surface area contributed by atoms with Gasteiger partial charge in [0.15, 0.2) is 6.23 Å². The minimum absolute atomic E-state index is 0.153. The molecule has 5 nitrogen and oxygen atoms in total. The van der Waals surface area contributed by atoms with Gasteiger partial charge in [0.1, 0.15) is 0 Å². The van der Waals surface area contributed by atoms with Crippen LogP contribution in [0.2, 0.25) is 0 Å². The molecule has 1 amide bonds. The van der Waals surface area contributed by atoms with Crippen LogP contribution < -0.4 is 5.73 Å². The molecule has 5 heteroatoms. The number of Topliss-reactive ketones (excluding diaryl/α,β-unsaturated/α-hetero) is 1. The molecule has 1 atom stereocenters. The van der Waals surface area contributed by atoms with Crippen molar-refractivity contribution < 1.29 is 14.3 Å². The van der Waals surface area contributed by atoms with Crippen LogP contribution >= 0.6 is 0 Å². The van der Waals surface area contributed by atoms with E-state index in [1.807, 2.05) is 57.7 Å². The lowest BCUT2D eigenvalue weighted by Gasteiger charge is -2.27. The SMILES string of the molecule is CCN(/C(C(=O)c1cc(C)cc(C)c1)=C(\C(N)=O)C(C)C)C1CO1. The van der Waals surface area contributed by atoms with E-state index in [0.717, 1.165) is 11.1 Å². The molecule has 0 radical (unpaired) electrons. The number of amides is 1. The lowest BCUT2D eigenvalue weighted by Crippen LogP contribution is -2.35. The van der Waals surface area contributed by atoms with Gasteiger partial charge < -0.3 is 15.4 Å². The number of epoxide rings is 1. The average Bonchev–Trinajstić information content (AvgIpc) is 3.29. The predicted molar refractivity (Wildman–Crippen MR) is 93.4 cm³/mol. The lowest BCUT2D eigenvalue weighted by atomic mass is 9.93. The van der Waals surface area contributed by atoms with Gasteiger partial charge in [-0.3, -0.25) is 9.59 Å². The second-order valence-corrected chi connectivity index (χ2v) is 6.56. The van der Waals surface area contributed by atoms with Crippen LogP contribution in [0.25, 0.3) is 0 Å². The van der Waals surface area contributed by atoms with Gasteiger partial charge in [0.25, 0.3) is 0 Å². The number of carbonyl (C=O) groups excluding carboxylic acids is 2. The van der Waals surface area contributed by atoms with Crippen LogP contribution in [0.3, 0.4) is 0 Å². The quantitative estimate of drug-likeness (QED) is 0.473. The maximum atomic E-state index is 13.3. The van der Waals surface area contributed by atoms with Crippen LogP contribution in [0.5, 0.6) is 0 Å². The first-order chi connectivity index (χ1) is 11.3. The van der Waals surface area contributed by atoms with Gasteiger partial charge in [0.05, 0.1) is 12.3 Å². The van der Waals surface area contributed by atoms with E-state index in [1.165, 1.54) is 0 Å². The fourth-order valence-electron chi connectivity index (χ4n) is 3.05. The van der Waals surface area contributed by atoms with E-state index in [1.54, 1.807) is 0 Å². The van der Waals surface area contributed by atoms with E-state index in [2.05, 4.69) is 0 Å². The Kier molecular flexibility index (Phi) is 5.44. The topological polar surface area (TPSA) is 75.9 Å². The summed E-state index contributed by atoms with van der Waals surface area (Å²) in [7, 11) is 0. The molecule has 0 bridgehead atoms. The molecule has 130 valence electrons. The summed E-state index contributed by atoms with van der Waals surface area (Å²) in [6.45, 7) is 10.7. The Morgan fingerprint density at radius 3 is 2.17 bits per heavy atom. The fourth-order valence-corrected chi connectivity index (χ4v) is 3.05. The van der Waals surface area contributed by atoms with Gasteiger partial charge in [-0.05, 0) is 38.8 Å². The second-order valence-electron chi connectivity index (χ2n) is 6.56. The first kappa shape index (κ1) is 18.2. The molecule has 0 saturated carbocycles. The van der Waals surface area contributed by atoms with E-state index < -0.39 is 5.91 Å². The molecule has 2 rings (SSSR count). The maximum absolute atomic E-state index is 13.3. The summed E-state index contributed by atoms with van der Waals surface area (Å²) in [5.41, 5.74) is 8.92. The van der Waals surface area contributed by atoms with Crippen molar-refractivity contribution in [1.82, 2.24) is 4.90 Å². The number of likely N-dealkylation sites (N-methyl/N-ethyl adjacent to an activating group) is 1. The molecular weight excluding hydrogens is 304 g/mol. The smallest absolute Gasteiger partial charge is 0.247 e. The number of hydrogen-bond donors (Lipinski definition) is 1. The van der Waals surface area contributed by atoms with Crippen molar-refractivity contribution >= 4 is 11.7 Å². The third kappa shape index (κ3) is 3.85. The normalized spacial score (nSPS) is 17.5. The Bertz CT molecular complexity index is 668. The number of aryl methyl sites for hydroxylation is 2. The number of benzene rings is 1. The van der Waals surface area contributed by atoms with Gasteiger partial charge in [-0.25, -0.2) is 0 Å². The van der Waals surface area contributed by atoms with Crippen molar-refractivity contribution in [3.63, 3.8) is 0 Å². The number of carbonyl (C=O) groups is 2. The van der Waals surface area contributed by atoms with E-state index in [4.69, 9.17) is 10.5 Å². The number of ether oxygens (including phenoxy) is 1.